The molecule has 0 aliphatic carbocycles. The summed E-state index contributed by atoms with van der Waals surface area (Å²) in [6, 6.07) is 9.22. The minimum absolute atomic E-state index is 0.0297. The molecule has 2 rings (SSSR count). The maximum absolute atomic E-state index is 12.7. The van der Waals surface area contributed by atoms with Crippen LogP contribution in [0.25, 0.3) is 0 Å². The van der Waals surface area contributed by atoms with E-state index in [1.165, 1.54) is 33.3 Å². The van der Waals surface area contributed by atoms with Crippen molar-refractivity contribution < 1.29 is 27.4 Å². The van der Waals surface area contributed by atoms with Gasteiger partial charge in [0.15, 0.2) is 11.5 Å². The second kappa shape index (κ2) is 10.1. The van der Waals surface area contributed by atoms with Crippen LogP contribution >= 0.6 is 0 Å². The molecule has 2 aromatic rings. The van der Waals surface area contributed by atoms with Crippen molar-refractivity contribution >= 4 is 21.6 Å². The van der Waals surface area contributed by atoms with Gasteiger partial charge in [-0.2, -0.15) is 0 Å². The number of methoxy groups -OCH3 is 1. The number of hydrogen-bond acceptors (Lipinski definition) is 6. The Morgan fingerprint density at radius 1 is 1.10 bits per heavy atom. The van der Waals surface area contributed by atoms with E-state index in [1.807, 2.05) is 0 Å². The van der Waals surface area contributed by atoms with Gasteiger partial charge >= 0.3 is 0 Å². The number of benzene rings is 2. The molecule has 0 saturated heterocycles. The van der Waals surface area contributed by atoms with Gasteiger partial charge in [-0.25, -0.2) is 12.7 Å². The molecule has 0 atom stereocenters. The fourth-order valence-corrected chi connectivity index (χ4v) is 3.59. The van der Waals surface area contributed by atoms with Crippen molar-refractivity contribution in [3.8, 4) is 17.2 Å². The third-order valence-electron chi connectivity index (χ3n) is 4.04. The predicted molar refractivity (Wildman–Crippen MR) is 115 cm³/mol. The van der Waals surface area contributed by atoms with E-state index in [1.54, 1.807) is 37.3 Å². The molecule has 1 N–H and O–H groups in total. The van der Waals surface area contributed by atoms with Crippen molar-refractivity contribution in [3.05, 3.63) is 54.6 Å². The Morgan fingerprint density at radius 2 is 1.80 bits per heavy atom. The van der Waals surface area contributed by atoms with Crippen LogP contribution in [0, 0.1) is 0 Å². The number of carbonyl (C=O) groups is 1. The zero-order valence-corrected chi connectivity index (χ0v) is 18.3. The van der Waals surface area contributed by atoms with Crippen LogP contribution in [0.3, 0.4) is 0 Å². The molecule has 9 heteroatoms. The lowest BCUT2D eigenvalue weighted by atomic mass is 10.1. The topological polar surface area (TPSA) is 94.2 Å². The molecule has 0 saturated carbocycles. The van der Waals surface area contributed by atoms with Crippen molar-refractivity contribution in [1.82, 2.24) is 4.31 Å². The number of nitrogens with one attached hydrogen (secondary N) is 1. The van der Waals surface area contributed by atoms with Gasteiger partial charge in [0, 0.05) is 25.3 Å². The average Bonchev–Trinajstić information content (AvgIpc) is 2.73. The number of nitrogens with zero attached hydrogens (tertiary/aromatic N) is 1. The van der Waals surface area contributed by atoms with Gasteiger partial charge < -0.3 is 19.5 Å². The molecule has 0 fully saturated rings. The lowest BCUT2D eigenvalue weighted by molar-refractivity contribution is 0.102. The van der Waals surface area contributed by atoms with E-state index in [2.05, 4.69) is 11.9 Å². The fraction of sp³-hybridized carbons (Fsp3) is 0.286. The zero-order valence-electron chi connectivity index (χ0n) is 17.5. The molecule has 0 unspecified atom stereocenters. The summed E-state index contributed by atoms with van der Waals surface area (Å²) in [6.07, 6.45) is 1.60. The number of hydrogen-bond donors (Lipinski definition) is 1. The first-order chi connectivity index (χ1) is 14.2. The normalized spacial score (nSPS) is 11.1. The summed E-state index contributed by atoms with van der Waals surface area (Å²) in [4.78, 5) is 12.7. The molecule has 1 amide bonds. The van der Waals surface area contributed by atoms with Crippen LogP contribution in [0.4, 0.5) is 5.69 Å². The predicted octanol–water partition coefficient (Wildman–Crippen LogP) is 3.16. The Morgan fingerprint density at radius 3 is 2.40 bits per heavy atom. The molecule has 0 aliphatic heterocycles. The van der Waals surface area contributed by atoms with Crippen LogP contribution in [0.2, 0.25) is 0 Å². The Labute approximate surface area is 177 Å². The van der Waals surface area contributed by atoms with E-state index in [9.17, 15) is 13.2 Å². The second-order valence-electron chi connectivity index (χ2n) is 6.30. The van der Waals surface area contributed by atoms with E-state index in [0.717, 1.165) is 4.31 Å². The van der Waals surface area contributed by atoms with Crippen LogP contribution in [-0.2, 0) is 10.0 Å². The minimum Gasteiger partial charge on any atom is -0.493 e. The van der Waals surface area contributed by atoms with Crippen molar-refractivity contribution in [2.45, 2.75) is 11.8 Å². The van der Waals surface area contributed by atoms with Gasteiger partial charge in [0.05, 0.1) is 13.7 Å². The number of amides is 1. The first-order valence-corrected chi connectivity index (χ1v) is 10.6. The van der Waals surface area contributed by atoms with Crippen LogP contribution in [0.1, 0.15) is 17.3 Å². The standard InChI is InChI=1S/C21H26N2O6S/c1-6-12-29-17-10-8-15(13-19(17)27-5)21(24)22-16-9-11-18(28-7-2)20(14-16)30(25,26)23(3)4/h6,8-11,13-14H,1,7,12H2,2-5H3,(H,22,24). The summed E-state index contributed by atoms with van der Waals surface area (Å²) in [5.74, 6) is 0.664. The van der Waals surface area contributed by atoms with E-state index in [-0.39, 0.29) is 10.6 Å². The monoisotopic (exact) mass is 434 g/mol. The van der Waals surface area contributed by atoms with Gasteiger partial charge in [-0.3, -0.25) is 4.79 Å². The highest BCUT2D eigenvalue weighted by atomic mass is 32.2. The SMILES string of the molecule is C=CCOc1ccc(C(=O)Nc2ccc(OCC)c(S(=O)(=O)N(C)C)c2)cc1OC. The van der Waals surface area contributed by atoms with Crippen molar-refractivity contribution in [2.24, 2.45) is 0 Å². The maximum Gasteiger partial charge on any atom is 0.255 e. The highest BCUT2D eigenvalue weighted by molar-refractivity contribution is 7.89. The Bertz CT molecular complexity index is 1020. The summed E-state index contributed by atoms with van der Waals surface area (Å²) < 4.78 is 42.6. The van der Waals surface area contributed by atoms with Crippen LogP contribution in [-0.4, -0.2) is 53.0 Å². The molecule has 0 aliphatic rings. The molecular formula is C21H26N2O6S. The number of rotatable bonds is 10. The number of sulfonamides is 1. The van der Waals surface area contributed by atoms with Gasteiger partial charge in [0.1, 0.15) is 17.3 Å². The summed E-state index contributed by atoms with van der Waals surface area (Å²) in [7, 11) is 0.568. The van der Waals surface area contributed by atoms with Gasteiger partial charge in [0.25, 0.3) is 5.91 Å². The second-order valence-corrected chi connectivity index (χ2v) is 8.42. The summed E-state index contributed by atoms with van der Waals surface area (Å²) in [5, 5.41) is 2.70. The Hall–Kier alpha value is -3.04. The molecule has 0 spiro atoms. The maximum atomic E-state index is 12.7. The lowest BCUT2D eigenvalue weighted by Gasteiger charge is -2.17. The molecule has 0 aromatic heterocycles. The third-order valence-corrected chi connectivity index (χ3v) is 5.88. The average molecular weight is 435 g/mol. The molecule has 30 heavy (non-hydrogen) atoms. The first-order valence-electron chi connectivity index (χ1n) is 9.17. The van der Waals surface area contributed by atoms with Crippen LogP contribution < -0.4 is 19.5 Å². The van der Waals surface area contributed by atoms with Gasteiger partial charge in [-0.15, -0.1) is 0 Å². The highest BCUT2D eigenvalue weighted by Gasteiger charge is 2.23. The lowest BCUT2D eigenvalue weighted by Crippen LogP contribution is -2.23. The number of anilines is 1. The molecule has 162 valence electrons. The molecule has 0 bridgehead atoms. The molecular weight excluding hydrogens is 408 g/mol. The molecule has 8 nitrogen and oxygen atoms in total. The smallest absolute Gasteiger partial charge is 0.255 e. The van der Waals surface area contributed by atoms with E-state index in [0.29, 0.717) is 36.0 Å². The quantitative estimate of drug-likeness (QED) is 0.578. The van der Waals surface area contributed by atoms with E-state index in [4.69, 9.17) is 14.2 Å². The number of carbonyl (C=O) groups excluding carboxylic acids is 1. The Balaban J connectivity index is 2.33. The molecule has 0 heterocycles. The van der Waals surface area contributed by atoms with E-state index < -0.39 is 15.9 Å². The summed E-state index contributed by atoms with van der Waals surface area (Å²) in [5.41, 5.74) is 0.638. The van der Waals surface area contributed by atoms with Crippen molar-refractivity contribution in [2.75, 3.05) is 39.7 Å². The molecule has 2 aromatic carbocycles. The summed E-state index contributed by atoms with van der Waals surface area (Å²) >= 11 is 0. The minimum atomic E-state index is -3.77. The van der Waals surface area contributed by atoms with Crippen molar-refractivity contribution in [3.63, 3.8) is 0 Å². The fourth-order valence-electron chi connectivity index (χ4n) is 2.54. The summed E-state index contributed by atoms with van der Waals surface area (Å²) in [6.45, 7) is 5.96. The molecule has 0 radical (unpaired) electrons. The van der Waals surface area contributed by atoms with Crippen molar-refractivity contribution in [1.29, 1.82) is 0 Å². The Kier molecular flexibility index (Phi) is 7.85. The zero-order chi connectivity index (χ0) is 22.3. The first kappa shape index (κ1) is 23.2. The third kappa shape index (κ3) is 5.31. The number of ether oxygens (including phenoxy) is 3. The van der Waals surface area contributed by atoms with E-state index >= 15 is 0 Å². The highest BCUT2D eigenvalue weighted by Crippen LogP contribution is 2.31. The van der Waals surface area contributed by atoms with Gasteiger partial charge in [-0.1, -0.05) is 12.7 Å². The van der Waals surface area contributed by atoms with Gasteiger partial charge in [-0.05, 0) is 43.3 Å². The van der Waals surface area contributed by atoms with Gasteiger partial charge in [0.2, 0.25) is 10.0 Å². The van der Waals surface area contributed by atoms with Crippen LogP contribution in [0.15, 0.2) is 53.9 Å². The van der Waals surface area contributed by atoms with Crippen LogP contribution in [0.5, 0.6) is 17.2 Å². The largest absolute Gasteiger partial charge is 0.493 e.